The molecule has 0 fully saturated rings. The van der Waals surface area contributed by atoms with Gasteiger partial charge in [0.25, 0.3) is 0 Å². The molecule has 4 heteroatoms. The van der Waals surface area contributed by atoms with Gasteiger partial charge < -0.3 is 9.32 Å². The zero-order valence-corrected chi connectivity index (χ0v) is 30.5. The Balaban J connectivity index is 1.04. The van der Waals surface area contributed by atoms with Crippen molar-refractivity contribution in [2.24, 2.45) is 0 Å². The van der Waals surface area contributed by atoms with E-state index in [9.17, 15) is 0 Å². The van der Waals surface area contributed by atoms with Crippen LogP contribution in [0.4, 0.5) is 17.1 Å². The topological polar surface area (TPSA) is 29.3 Å². The van der Waals surface area contributed by atoms with Gasteiger partial charge in [0.1, 0.15) is 5.52 Å². The fourth-order valence-electron chi connectivity index (χ4n) is 8.06. The number of hydrogen-bond acceptors (Lipinski definition) is 4. The Hall–Kier alpha value is -7.01. The van der Waals surface area contributed by atoms with Crippen LogP contribution < -0.4 is 4.90 Å². The lowest BCUT2D eigenvalue weighted by Crippen LogP contribution is -2.09. The highest BCUT2D eigenvalue weighted by atomic mass is 32.1. The highest BCUT2D eigenvalue weighted by Crippen LogP contribution is 2.45. The van der Waals surface area contributed by atoms with E-state index in [1.807, 2.05) is 6.07 Å². The molecule has 0 aliphatic rings. The molecule has 9 aromatic carbocycles. The molecule has 0 aliphatic carbocycles. The Morgan fingerprint density at radius 3 is 1.84 bits per heavy atom. The lowest BCUT2D eigenvalue weighted by Gasteiger charge is -2.26. The normalized spacial score (nSPS) is 11.6. The maximum absolute atomic E-state index is 6.46. The molecule has 0 bridgehead atoms. The van der Waals surface area contributed by atoms with Crippen molar-refractivity contribution in [3.8, 4) is 33.7 Å². The Bertz CT molecular complexity index is 3190. The third-order valence-electron chi connectivity index (χ3n) is 10.7. The Labute approximate surface area is 322 Å². The Morgan fingerprint density at radius 1 is 0.418 bits per heavy atom. The van der Waals surface area contributed by atoms with Crippen LogP contribution >= 0.6 is 11.3 Å². The van der Waals surface area contributed by atoms with Gasteiger partial charge in [-0.2, -0.15) is 0 Å². The number of nitrogens with zero attached hydrogens (tertiary/aromatic N) is 2. The van der Waals surface area contributed by atoms with Gasteiger partial charge in [0.15, 0.2) is 5.58 Å². The van der Waals surface area contributed by atoms with Crippen LogP contribution in [0.3, 0.4) is 0 Å². The third kappa shape index (κ3) is 5.38. The first-order valence-electron chi connectivity index (χ1n) is 18.5. The van der Waals surface area contributed by atoms with Crippen LogP contribution in [0.5, 0.6) is 0 Å². The maximum atomic E-state index is 6.46. The third-order valence-corrected chi connectivity index (χ3v) is 11.8. The fourth-order valence-corrected chi connectivity index (χ4v) is 9.22. The quantitative estimate of drug-likeness (QED) is 0.171. The molecule has 0 atom stereocenters. The maximum Gasteiger partial charge on any atom is 0.228 e. The summed E-state index contributed by atoms with van der Waals surface area (Å²) in [7, 11) is 0. The van der Waals surface area contributed by atoms with E-state index in [2.05, 4.69) is 193 Å². The summed E-state index contributed by atoms with van der Waals surface area (Å²) in [6, 6.07) is 69.3. The summed E-state index contributed by atoms with van der Waals surface area (Å²) in [5.41, 5.74) is 10.8. The van der Waals surface area contributed by atoms with Crippen LogP contribution in [0.1, 0.15) is 0 Å². The van der Waals surface area contributed by atoms with Gasteiger partial charge in [-0.25, -0.2) is 4.98 Å². The monoisotopic (exact) mass is 720 g/mol. The van der Waals surface area contributed by atoms with Crippen molar-refractivity contribution in [2.45, 2.75) is 0 Å². The lowest BCUT2D eigenvalue weighted by molar-refractivity contribution is 0.621. The SMILES string of the molecule is c1ccc(-c2ccc(N(c3ccc(-c4cccc5ccccc45)cc3)c3ccc4c(c3)sc3cccc(-c5nc6c(ccc7ccccc76)o5)c34)cc2)cc1. The molecule has 0 amide bonds. The van der Waals surface area contributed by atoms with E-state index < -0.39 is 0 Å². The standard InChI is InChI=1S/C51H32N2OS/c1-2-10-33(11-3-1)34-20-25-38(26-21-34)53(39-27-22-37(23-28-39)42-17-8-14-35-12-4-6-15-41(35)42)40-29-30-44-48(32-40)55-47-19-9-18-45(49(44)47)51-52-50-43-16-7-5-13-36(43)24-31-46(50)54-51/h1-32H. The number of hydrogen-bond donors (Lipinski definition) is 0. The number of anilines is 3. The van der Waals surface area contributed by atoms with E-state index in [1.54, 1.807) is 11.3 Å². The van der Waals surface area contributed by atoms with Crippen molar-refractivity contribution in [2.75, 3.05) is 4.90 Å². The average molecular weight is 721 g/mol. The van der Waals surface area contributed by atoms with Crippen LogP contribution in [-0.4, -0.2) is 4.98 Å². The molecule has 0 saturated carbocycles. The predicted molar refractivity (Wildman–Crippen MR) is 233 cm³/mol. The molecule has 3 nitrogen and oxygen atoms in total. The zero-order valence-electron chi connectivity index (χ0n) is 29.7. The summed E-state index contributed by atoms with van der Waals surface area (Å²) >= 11 is 1.81. The lowest BCUT2D eigenvalue weighted by atomic mass is 9.98. The van der Waals surface area contributed by atoms with E-state index in [1.165, 1.54) is 53.2 Å². The van der Waals surface area contributed by atoms with Crippen molar-refractivity contribution in [1.29, 1.82) is 0 Å². The van der Waals surface area contributed by atoms with Crippen molar-refractivity contribution in [3.05, 3.63) is 194 Å². The minimum absolute atomic E-state index is 0.646. The Morgan fingerprint density at radius 2 is 1.04 bits per heavy atom. The van der Waals surface area contributed by atoms with Crippen LogP contribution in [0.25, 0.3) is 86.5 Å². The average Bonchev–Trinajstić information content (AvgIpc) is 3.87. The van der Waals surface area contributed by atoms with E-state index in [0.717, 1.165) is 44.5 Å². The van der Waals surface area contributed by atoms with Gasteiger partial charge in [-0.15, -0.1) is 11.3 Å². The number of thiophene rings is 1. The van der Waals surface area contributed by atoms with Crippen molar-refractivity contribution < 1.29 is 4.42 Å². The molecule has 0 N–H and O–H groups in total. The van der Waals surface area contributed by atoms with Crippen molar-refractivity contribution in [1.82, 2.24) is 4.98 Å². The van der Waals surface area contributed by atoms with Gasteiger partial charge in [0, 0.05) is 48.2 Å². The van der Waals surface area contributed by atoms with Crippen LogP contribution in [-0.2, 0) is 0 Å². The second kappa shape index (κ2) is 12.8. The second-order valence-corrected chi connectivity index (χ2v) is 15.0. The first-order valence-corrected chi connectivity index (χ1v) is 19.3. The molecule has 11 rings (SSSR count). The summed E-state index contributed by atoms with van der Waals surface area (Å²) in [4.78, 5) is 7.44. The highest BCUT2D eigenvalue weighted by molar-refractivity contribution is 7.26. The molecular weight excluding hydrogens is 689 g/mol. The number of rotatable bonds is 6. The summed E-state index contributed by atoms with van der Waals surface area (Å²) in [5.74, 6) is 0.646. The number of aromatic nitrogens is 1. The molecule has 2 heterocycles. The van der Waals surface area contributed by atoms with E-state index in [-0.39, 0.29) is 0 Å². The number of benzene rings is 9. The molecule has 0 unspecified atom stereocenters. The van der Waals surface area contributed by atoms with Crippen molar-refractivity contribution in [3.63, 3.8) is 0 Å². The number of fused-ring (bicyclic) bond motifs is 7. The molecule has 2 aromatic heterocycles. The number of oxazole rings is 1. The van der Waals surface area contributed by atoms with Crippen LogP contribution in [0.2, 0.25) is 0 Å². The summed E-state index contributed by atoms with van der Waals surface area (Å²) in [6.45, 7) is 0. The van der Waals surface area contributed by atoms with Gasteiger partial charge >= 0.3 is 0 Å². The molecule has 258 valence electrons. The van der Waals surface area contributed by atoms with Crippen molar-refractivity contribution >= 4 is 81.2 Å². The Kier molecular flexibility index (Phi) is 7.35. The minimum atomic E-state index is 0.646. The van der Waals surface area contributed by atoms with Gasteiger partial charge in [-0.3, -0.25) is 0 Å². The molecule has 11 aromatic rings. The summed E-state index contributed by atoms with van der Waals surface area (Å²) < 4.78 is 8.87. The molecule has 0 saturated heterocycles. The van der Waals surface area contributed by atoms with Gasteiger partial charge in [0.2, 0.25) is 5.89 Å². The second-order valence-electron chi connectivity index (χ2n) is 13.9. The van der Waals surface area contributed by atoms with Gasteiger partial charge in [-0.1, -0.05) is 140 Å². The van der Waals surface area contributed by atoms with Crippen LogP contribution in [0, 0.1) is 0 Å². The zero-order chi connectivity index (χ0) is 36.3. The minimum Gasteiger partial charge on any atom is -0.436 e. The molecule has 0 radical (unpaired) electrons. The smallest absolute Gasteiger partial charge is 0.228 e. The van der Waals surface area contributed by atoms with E-state index >= 15 is 0 Å². The van der Waals surface area contributed by atoms with Gasteiger partial charge in [-0.05, 0) is 93.0 Å². The van der Waals surface area contributed by atoms with Gasteiger partial charge in [0.05, 0.1) is 0 Å². The first-order chi connectivity index (χ1) is 27.2. The predicted octanol–water partition coefficient (Wildman–Crippen LogP) is 15.0. The van der Waals surface area contributed by atoms with E-state index in [0.29, 0.717) is 5.89 Å². The van der Waals surface area contributed by atoms with Crippen LogP contribution in [0.15, 0.2) is 199 Å². The highest BCUT2D eigenvalue weighted by Gasteiger charge is 2.19. The summed E-state index contributed by atoms with van der Waals surface area (Å²) in [6.07, 6.45) is 0. The molecule has 0 aliphatic heterocycles. The first kappa shape index (κ1) is 31.5. The molecular formula is C51H32N2OS. The molecule has 0 spiro atoms. The summed E-state index contributed by atoms with van der Waals surface area (Å²) in [5, 5.41) is 7.12. The van der Waals surface area contributed by atoms with E-state index in [4.69, 9.17) is 9.40 Å². The largest absolute Gasteiger partial charge is 0.436 e. The fraction of sp³-hybridized carbons (Fsp3) is 0. The molecule has 55 heavy (non-hydrogen) atoms.